The average Bonchev–Trinajstić information content (AvgIpc) is 2.82. The number of carbonyl (C=O) groups is 2. The minimum absolute atomic E-state index is 0.0158. The maximum atomic E-state index is 11.9. The molecule has 0 rings (SSSR count). The molecule has 0 aromatic rings. The Labute approximate surface area is 206 Å². The van der Waals surface area contributed by atoms with Crippen LogP contribution in [0.4, 0.5) is 0 Å². The third-order valence-corrected chi connectivity index (χ3v) is 6.65. The van der Waals surface area contributed by atoms with Gasteiger partial charge in [0, 0.05) is 12.8 Å². The SMILES string of the molecule is CCCCCC[C@H](CCCCCCCCCCC(=O)OC[C@@H](CC)CCCC)OC(=O)CC. The molecule has 4 nitrogen and oxygen atoms in total. The molecule has 0 radical (unpaired) electrons. The number of esters is 2. The zero-order valence-electron chi connectivity index (χ0n) is 22.6. The zero-order valence-corrected chi connectivity index (χ0v) is 22.6. The summed E-state index contributed by atoms with van der Waals surface area (Å²) >= 11 is 0. The molecule has 0 aliphatic heterocycles. The van der Waals surface area contributed by atoms with Crippen LogP contribution in [0.3, 0.4) is 0 Å². The molecule has 0 amide bonds. The van der Waals surface area contributed by atoms with Gasteiger partial charge in [-0.05, 0) is 44.4 Å². The number of rotatable bonds is 24. The predicted molar refractivity (Wildman–Crippen MR) is 139 cm³/mol. The van der Waals surface area contributed by atoms with Gasteiger partial charge in [-0.1, -0.05) is 105 Å². The summed E-state index contributed by atoms with van der Waals surface area (Å²) in [7, 11) is 0. The minimum Gasteiger partial charge on any atom is -0.465 e. The lowest BCUT2D eigenvalue weighted by molar-refractivity contribution is -0.149. The molecule has 0 unspecified atom stereocenters. The van der Waals surface area contributed by atoms with E-state index in [1.54, 1.807) is 0 Å². The molecule has 0 fully saturated rings. The Morgan fingerprint density at radius 2 is 1.15 bits per heavy atom. The Bertz CT molecular complexity index is 449. The highest BCUT2D eigenvalue weighted by molar-refractivity contribution is 5.69. The Morgan fingerprint density at radius 3 is 1.70 bits per heavy atom. The molecular formula is C29H56O4. The highest BCUT2D eigenvalue weighted by atomic mass is 16.5. The van der Waals surface area contributed by atoms with Gasteiger partial charge < -0.3 is 9.47 Å². The van der Waals surface area contributed by atoms with Crippen LogP contribution in [0.5, 0.6) is 0 Å². The first-order valence-corrected chi connectivity index (χ1v) is 14.4. The fourth-order valence-electron chi connectivity index (χ4n) is 4.21. The molecule has 0 aromatic heterocycles. The van der Waals surface area contributed by atoms with E-state index in [9.17, 15) is 9.59 Å². The monoisotopic (exact) mass is 468 g/mol. The molecule has 0 aromatic carbocycles. The topological polar surface area (TPSA) is 52.6 Å². The summed E-state index contributed by atoms with van der Waals surface area (Å²) in [4.78, 5) is 23.6. The molecule has 0 saturated carbocycles. The summed E-state index contributed by atoms with van der Waals surface area (Å²) in [5.41, 5.74) is 0. The molecule has 33 heavy (non-hydrogen) atoms. The highest BCUT2D eigenvalue weighted by Crippen LogP contribution is 2.18. The van der Waals surface area contributed by atoms with Crippen molar-refractivity contribution in [1.82, 2.24) is 0 Å². The van der Waals surface area contributed by atoms with E-state index in [2.05, 4.69) is 20.8 Å². The van der Waals surface area contributed by atoms with Crippen LogP contribution in [0, 0.1) is 5.92 Å². The molecule has 196 valence electrons. The fourth-order valence-corrected chi connectivity index (χ4v) is 4.21. The van der Waals surface area contributed by atoms with Crippen LogP contribution < -0.4 is 0 Å². The normalized spacial score (nSPS) is 13.0. The minimum atomic E-state index is -0.0546. The summed E-state index contributed by atoms with van der Waals surface area (Å²) < 4.78 is 11.1. The Balaban J connectivity index is 3.68. The molecule has 0 aliphatic rings. The lowest BCUT2D eigenvalue weighted by atomic mass is 10.0. The van der Waals surface area contributed by atoms with Crippen molar-refractivity contribution in [3.05, 3.63) is 0 Å². The van der Waals surface area contributed by atoms with Gasteiger partial charge in [0.1, 0.15) is 6.10 Å². The maximum absolute atomic E-state index is 11.9. The Morgan fingerprint density at radius 1 is 0.606 bits per heavy atom. The summed E-state index contributed by atoms with van der Waals surface area (Å²) in [6.07, 6.45) is 22.2. The van der Waals surface area contributed by atoms with Gasteiger partial charge in [0.25, 0.3) is 0 Å². The Kier molecular flexibility index (Phi) is 23.3. The van der Waals surface area contributed by atoms with Crippen molar-refractivity contribution < 1.29 is 19.1 Å². The van der Waals surface area contributed by atoms with Gasteiger partial charge in [-0.15, -0.1) is 0 Å². The smallest absolute Gasteiger partial charge is 0.305 e. The fraction of sp³-hybridized carbons (Fsp3) is 0.931. The van der Waals surface area contributed by atoms with Crippen LogP contribution in [0.1, 0.15) is 156 Å². The standard InChI is InChI=1S/C29H56O4/c1-5-9-11-18-22-27(33-28(30)8-4)23-19-16-14-12-13-15-17-20-24-29(31)32-25-26(7-3)21-10-6-2/h26-27H,5-25H2,1-4H3/t26-,27+/m0/s1. The molecule has 2 atom stereocenters. The molecule has 0 N–H and O–H groups in total. The molecule has 0 spiro atoms. The van der Waals surface area contributed by atoms with E-state index in [0.717, 1.165) is 38.5 Å². The highest BCUT2D eigenvalue weighted by Gasteiger charge is 2.13. The molecule has 0 bridgehead atoms. The van der Waals surface area contributed by atoms with E-state index >= 15 is 0 Å². The van der Waals surface area contributed by atoms with Crippen molar-refractivity contribution in [3.8, 4) is 0 Å². The van der Waals surface area contributed by atoms with E-state index in [1.165, 1.54) is 77.0 Å². The van der Waals surface area contributed by atoms with E-state index < -0.39 is 0 Å². The first-order valence-electron chi connectivity index (χ1n) is 14.4. The first kappa shape index (κ1) is 31.9. The van der Waals surface area contributed by atoms with Crippen LogP contribution >= 0.6 is 0 Å². The predicted octanol–water partition coefficient (Wildman–Crippen LogP) is 8.94. The zero-order chi connectivity index (χ0) is 24.6. The number of ether oxygens (including phenoxy) is 2. The lowest BCUT2D eigenvalue weighted by Gasteiger charge is -2.17. The Hall–Kier alpha value is -1.06. The van der Waals surface area contributed by atoms with Crippen molar-refractivity contribution in [2.24, 2.45) is 5.92 Å². The summed E-state index contributed by atoms with van der Waals surface area (Å²) in [5.74, 6) is 0.461. The van der Waals surface area contributed by atoms with E-state index in [4.69, 9.17) is 9.47 Å². The second kappa shape index (κ2) is 24.1. The van der Waals surface area contributed by atoms with Crippen LogP contribution in [0.2, 0.25) is 0 Å². The van der Waals surface area contributed by atoms with Gasteiger partial charge in [-0.2, -0.15) is 0 Å². The van der Waals surface area contributed by atoms with Crippen molar-refractivity contribution >= 4 is 11.9 Å². The second-order valence-corrected chi connectivity index (χ2v) is 9.78. The second-order valence-electron chi connectivity index (χ2n) is 9.78. The first-order chi connectivity index (χ1) is 16.1. The molecule has 4 heteroatoms. The van der Waals surface area contributed by atoms with Crippen LogP contribution in [-0.4, -0.2) is 24.6 Å². The van der Waals surface area contributed by atoms with Crippen LogP contribution in [-0.2, 0) is 19.1 Å². The maximum Gasteiger partial charge on any atom is 0.305 e. The summed E-state index contributed by atoms with van der Waals surface area (Å²) in [5, 5.41) is 0. The van der Waals surface area contributed by atoms with Crippen molar-refractivity contribution in [3.63, 3.8) is 0 Å². The van der Waals surface area contributed by atoms with Gasteiger partial charge in [0.15, 0.2) is 0 Å². The van der Waals surface area contributed by atoms with Crippen LogP contribution in [0.15, 0.2) is 0 Å². The van der Waals surface area contributed by atoms with Gasteiger partial charge in [0.2, 0.25) is 0 Å². The average molecular weight is 469 g/mol. The van der Waals surface area contributed by atoms with Crippen molar-refractivity contribution in [2.75, 3.05) is 6.61 Å². The quantitative estimate of drug-likeness (QED) is 0.105. The van der Waals surface area contributed by atoms with Crippen molar-refractivity contribution in [1.29, 1.82) is 0 Å². The van der Waals surface area contributed by atoms with E-state index in [0.29, 0.717) is 25.4 Å². The largest absolute Gasteiger partial charge is 0.465 e. The summed E-state index contributed by atoms with van der Waals surface area (Å²) in [6, 6.07) is 0. The van der Waals surface area contributed by atoms with Gasteiger partial charge in [-0.25, -0.2) is 0 Å². The van der Waals surface area contributed by atoms with E-state index in [-0.39, 0.29) is 18.0 Å². The molecule has 0 saturated heterocycles. The third-order valence-electron chi connectivity index (χ3n) is 6.65. The molecule has 0 aliphatic carbocycles. The number of unbranched alkanes of at least 4 members (excludes halogenated alkanes) is 11. The van der Waals surface area contributed by atoms with E-state index in [1.807, 2.05) is 6.92 Å². The number of carbonyl (C=O) groups excluding carboxylic acids is 2. The molecular weight excluding hydrogens is 412 g/mol. The van der Waals surface area contributed by atoms with Gasteiger partial charge >= 0.3 is 11.9 Å². The number of hydrogen-bond acceptors (Lipinski definition) is 4. The third kappa shape index (κ3) is 21.2. The van der Waals surface area contributed by atoms with Crippen LogP contribution in [0.25, 0.3) is 0 Å². The van der Waals surface area contributed by atoms with Crippen molar-refractivity contribution in [2.45, 2.75) is 162 Å². The summed E-state index contributed by atoms with van der Waals surface area (Å²) in [6.45, 7) is 9.09. The van der Waals surface area contributed by atoms with Gasteiger partial charge in [0.05, 0.1) is 6.61 Å². The molecule has 0 heterocycles. The lowest BCUT2D eigenvalue weighted by Crippen LogP contribution is -2.17. The number of hydrogen-bond donors (Lipinski definition) is 0. The van der Waals surface area contributed by atoms with Gasteiger partial charge in [-0.3, -0.25) is 9.59 Å².